The molecule has 0 bridgehead atoms. The van der Waals surface area contributed by atoms with E-state index in [4.69, 9.17) is 4.42 Å². The van der Waals surface area contributed by atoms with Gasteiger partial charge in [-0.3, -0.25) is 14.4 Å². The van der Waals surface area contributed by atoms with Gasteiger partial charge in [-0.25, -0.2) is 4.98 Å². The van der Waals surface area contributed by atoms with Crippen LogP contribution in [0.4, 0.5) is 5.69 Å². The molecular weight excluding hydrogens is 432 g/mol. The van der Waals surface area contributed by atoms with Crippen LogP contribution >= 0.6 is 0 Å². The van der Waals surface area contributed by atoms with Crippen LogP contribution in [0.25, 0.3) is 11.1 Å². The molecule has 0 saturated carbocycles. The number of para-hydroxylation sites is 1. The Labute approximate surface area is 199 Å². The second kappa shape index (κ2) is 11.4. The topological polar surface area (TPSA) is 97.4 Å². The summed E-state index contributed by atoms with van der Waals surface area (Å²) >= 11 is 0. The Morgan fingerprint density at radius 2 is 2.00 bits per heavy atom. The molecule has 2 heterocycles. The molecule has 0 unspecified atom stereocenters. The Hall–Kier alpha value is -3.68. The van der Waals surface area contributed by atoms with E-state index < -0.39 is 0 Å². The van der Waals surface area contributed by atoms with Gasteiger partial charge in [-0.05, 0) is 55.0 Å². The fourth-order valence-corrected chi connectivity index (χ4v) is 3.55. The normalized spacial score (nSPS) is 11.4. The average molecular weight is 465 g/mol. The molecule has 0 aliphatic carbocycles. The summed E-state index contributed by atoms with van der Waals surface area (Å²) < 4.78 is 7.36. The third-order valence-corrected chi connectivity index (χ3v) is 5.25. The van der Waals surface area contributed by atoms with Crippen LogP contribution in [0.1, 0.15) is 44.6 Å². The largest absolute Gasteiger partial charge is 0.439 e. The van der Waals surface area contributed by atoms with Gasteiger partial charge in [-0.2, -0.15) is 0 Å². The van der Waals surface area contributed by atoms with Crippen LogP contribution in [-0.4, -0.2) is 40.4 Å². The Bertz CT molecular complexity index is 1240. The predicted octanol–water partition coefficient (Wildman–Crippen LogP) is 3.99. The van der Waals surface area contributed by atoms with Crippen molar-refractivity contribution in [1.82, 2.24) is 14.5 Å². The summed E-state index contributed by atoms with van der Waals surface area (Å²) in [5.74, 6) is 0.591. The number of anilines is 1. The number of aromatic nitrogens is 2. The number of rotatable bonds is 10. The molecule has 1 N–H and O–H groups in total. The second-order valence-electron chi connectivity index (χ2n) is 8.90. The highest BCUT2D eigenvalue weighted by Crippen LogP contribution is 2.22. The lowest BCUT2D eigenvalue weighted by molar-refractivity contribution is -0.123. The maximum Gasteiger partial charge on any atom is 0.274 e. The molecule has 180 valence electrons. The lowest BCUT2D eigenvalue weighted by atomic mass is 10.0. The monoisotopic (exact) mass is 464 g/mol. The van der Waals surface area contributed by atoms with Crippen molar-refractivity contribution in [2.24, 2.45) is 5.92 Å². The van der Waals surface area contributed by atoms with Crippen molar-refractivity contribution in [3.63, 3.8) is 0 Å². The average Bonchev–Trinajstić information content (AvgIpc) is 3.19. The highest BCUT2D eigenvalue weighted by molar-refractivity contribution is 5.90. The number of fused-ring (bicyclic) bond motifs is 1. The molecule has 0 fully saturated rings. The molecule has 8 heteroatoms. The standard InChI is InChI=1S/C26H32N4O4/c1-18(2)16-19-10-8-12-21-25(19)28-23(34-21)17-30-15-9-11-20(26(30)33)27-22(31)13-6-5-7-14-24(32)29(3)4/h7-12,14-15,18H,5-6,13,16-17H2,1-4H3,(H,27,31)/b14-7+. The van der Waals surface area contributed by atoms with E-state index in [1.807, 2.05) is 18.2 Å². The van der Waals surface area contributed by atoms with Gasteiger partial charge in [0.2, 0.25) is 17.7 Å². The lowest BCUT2D eigenvalue weighted by Crippen LogP contribution is -2.25. The molecule has 8 nitrogen and oxygen atoms in total. The van der Waals surface area contributed by atoms with Crippen molar-refractivity contribution in [1.29, 1.82) is 0 Å². The maximum atomic E-state index is 12.9. The number of hydrogen-bond donors (Lipinski definition) is 1. The first-order valence-electron chi connectivity index (χ1n) is 11.5. The van der Waals surface area contributed by atoms with Gasteiger partial charge in [0, 0.05) is 26.7 Å². The van der Waals surface area contributed by atoms with E-state index in [-0.39, 0.29) is 36.0 Å². The van der Waals surface area contributed by atoms with Gasteiger partial charge in [-0.1, -0.05) is 32.1 Å². The minimum absolute atomic E-state index is 0.0932. The highest BCUT2D eigenvalue weighted by atomic mass is 16.3. The number of amides is 2. The van der Waals surface area contributed by atoms with Gasteiger partial charge in [0.05, 0.1) is 0 Å². The first kappa shape index (κ1) is 25.0. The summed E-state index contributed by atoms with van der Waals surface area (Å²) in [6.07, 6.45) is 7.21. The summed E-state index contributed by atoms with van der Waals surface area (Å²) in [5, 5.41) is 2.69. The summed E-state index contributed by atoms with van der Waals surface area (Å²) in [6, 6.07) is 9.17. The molecule has 0 saturated heterocycles. The molecule has 2 aromatic heterocycles. The first-order chi connectivity index (χ1) is 16.2. The summed E-state index contributed by atoms with van der Waals surface area (Å²) in [7, 11) is 3.36. The lowest BCUT2D eigenvalue weighted by Gasteiger charge is -2.08. The molecule has 1 aromatic carbocycles. The van der Waals surface area contributed by atoms with Gasteiger partial charge >= 0.3 is 0 Å². The van der Waals surface area contributed by atoms with Crippen LogP contribution in [0.3, 0.4) is 0 Å². The zero-order valence-corrected chi connectivity index (χ0v) is 20.2. The predicted molar refractivity (Wildman–Crippen MR) is 133 cm³/mol. The Balaban J connectivity index is 1.63. The number of nitrogens with zero attached hydrogens (tertiary/aromatic N) is 3. The number of unbranched alkanes of at least 4 members (excludes halogenated alkanes) is 1. The number of pyridine rings is 1. The van der Waals surface area contributed by atoms with E-state index in [9.17, 15) is 14.4 Å². The molecule has 0 atom stereocenters. The Morgan fingerprint density at radius 3 is 2.74 bits per heavy atom. The van der Waals surface area contributed by atoms with Crippen LogP contribution in [0.15, 0.2) is 57.9 Å². The molecular formula is C26H32N4O4. The smallest absolute Gasteiger partial charge is 0.274 e. The number of likely N-dealkylation sites (N-methyl/N-ethyl adjacent to an activating group) is 1. The number of carbonyl (C=O) groups excluding carboxylic acids is 2. The fraction of sp³-hybridized carbons (Fsp3) is 0.385. The number of carbonyl (C=O) groups is 2. The van der Waals surface area contributed by atoms with Crippen molar-refractivity contribution in [3.05, 3.63) is 70.5 Å². The molecule has 3 aromatic rings. The van der Waals surface area contributed by atoms with Gasteiger partial charge in [0.15, 0.2) is 5.58 Å². The van der Waals surface area contributed by atoms with Crippen molar-refractivity contribution < 1.29 is 14.0 Å². The van der Waals surface area contributed by atoms with Gasteiger partial charge in [0.25, 0.3) is 5.56 Å². The molecule has 34 heavy (non-hydrogen) atoms. The van der Waals surface area contributed by atoms with Crippen molar-refractivity contribution >= 4 is 28.6 Å². The van der Waals surface area contributed by atoms with E-state index in [2.05, 4.69) is 24.1 Å². The summed E-state index contributed by atoms with van der Waals surface area (Å²) in [4.78, 5) is 42.8. The van der Waals surface area contributed by atoms with Crippen LogP contribution in [-0.2, 0) is 22.6 Å². The van der Waals surface area contributed by atoms with E-state index >= 15 is 0 Å². The fourth-order valence-electron chi connectivity index (χ4n) is 3.55. The number of benzene rings is 1. The Kier molecular flexibility index (Phi) is 8.40. The zero-order valence-electron chi connectivity index (χ0n) is 20.2. The van der Waals surface area contributed by atoms with Crippen molar-refractivity contribution in [2.45, 2.75) is 46.1 Å². The Morgan fingerprint density at radius 1 is 1.21 bits per heavy atom. The first-order valence-corrected chi connectivity index (χ1v) is 11.5. The van der Waals surface area contributed by atoms with Gasteiger partial charge < -0.3 is 19.2 Å². The minimum atomic E-state index is -0.322. The molecule has 0 aliphatic rings. The maximum absolute atomic E-state index is 12.9. The van der Waals surface area contributed by atoms with Gasteiger partial charge in [-0.15, -0.1) is 0 Å². The molecule has 0 spiro atoms. The van der Waals surface area contributed by atoms with Crippen LogP contribution in [0.5, 0.6) is 0 Å². The number of allylic oxidation sites excluding steroid dienone is 1. The second-order valence-corrected chi connectivity index (χ2v) is 8.90. The van der Waals surface area contributed by atoms with E-state index in [0.29, 0.717) is 30.2 Å². The van der Waals surface area contributed by atoms with Crippen LogP contribution in [0, 0.1) is 5.92 Å². The molecule has 0 radical (unpaired) electrons. The van der Waals surface area contributed by atoms with Crippen molar-refractivity contribution in [3.8, 4) is 0 Å². The highest BCUT2D eigenvalue weighted by Gasteiger charge is 2.13. The molecule has 2 amide bonds. The van der Waals surface area contributed by atoms with Crippen LogP contribution < -0.4 is 10.9 Å². The van der Waals surface area contributed by atoms with Crippen molar-refractivity contribution in [2.75, 3.05) is 19.4 Å². The molecule has 3 rings (SSSR count). The third-order valence-electron chi connectivity index (χ3n) is 5.25. The quantitative estimate of drug-likeness (QED) is 0.361. The van der Waals surface area contributed by atoms with E-state index in [1.54, 1.807) is 38.5 Å². The summed E-state index contributed by atoms with van der Waals surface area (Å²) in [6.45, 7) is 4.48. The van der Waals surface area contributed by atoms with E-state index in [0.717, 1.165) is 17.5 Å². The number of hydrogen-bond acceptors (Lipinski definition) is 5. The summed E-state index contributed by atoms with van der Waals surface area (Å²) in [5.41, 5.74) is 2.54. The zero-order chi connectivity index (χ0) is 24.7. The molecule has 0 aliphatic heterocycles. The minimum Gasteiger partial charge on any atom is -0.439 e. The van der Waals surface area contributed by atoms with Gasteiger partial charge in [0.1, 0.15) is 17.7 Å². The number of oxazole rings is 1. The van der Waals surface area contributed by atoms with E-state index in [1.165, 1.54) is 15.5 Å². The SMILES string of the molecule is CC(C)Cc1cccc2oc(Cn3cccc(NC(=O)CCC/C=C/C(=O)N(C)C)c3=O)nc12. The number of nitrogens with one attached hydrogen (secondary N) is 1. The third kappa shape index (κ3) is 6.66. The van der Waals surface area contributed by atoms with Crippen LogP contribution in [0.2, 0.25) is 0 Å².